The van der Waals surface area contributed by atoms with Crippen LogP contribution in [0.2, 0.25) is 10.0 Å². The summed E-state index contributed by atoms with van der Waals surface area (Å²) in [5.41, 5.74) is 2.90. The molecule has 6 aliphatic heterocycles. The SMILES string of the molecule is CN[C@H](CC(C)C)C(=O)N[C@H]1C(=O)N[C@@H](CC(N)=O)C(=O)N[C@H]2C(=O)N[C@H]3C(=O)N[C@H](C(=O)N[C@H](C(=O)O)c4cc(O)cc(O)c4-c4cc3ccc4O)[C@H](O)c3ccc(c(Cl)c3)Oc3cc2cc(c3O[C@H]2O[C@@H](CO)[C@H](O)[C@@H](O)[C@@H]2O)Oc2ccc(cc2Cl)[C@H]1O. The standard InChI is InChI=1S/C59H62Cl2N8O22/c1-20(2)10-30(63-3)52(80)68-44-46(75)22-5-8-34(28(60)12-22)88-36-14-24-15-37(51(36)91-59-50(79)49(78)48(77)38(19-70)90-59)89-35-9-6-23(13-29(35)61)47(76)45-57(85)67-43(58(86)87)27-16-25(71)17-33(73)40(27)26-11-21(4-7-32(26)72)41(54(82)69-45)66-55(83)42(24)65-53(81)31(18-39(62)74)64-56(44)84/h4-9,11-17,20,30-31,38,41-50,59,63,70-73,75-79H,10,18-19H2,1-3H3,(H2,62,74)(H,64,84)(H,65,81)(H,66,83)(H,67,85)(H,68,80)(H,69,82)(H,86,87)/t30-,31+,38+,41-,42-,43+,44-,45+,46-,47-,48+,49-,50+,59-/m1/s1. The van der Waals surface area contributed by atoms with Gasteiger partial charge >= 0.3 is 5.97 Å². The van der Waals surface area contributed by atoms with E-state index in [0.29, 0.717) is 0 Å². The number of rotatable bonds is 11. The van der Waals surface area contributed by atoms with Gasteiger partial charge in [0.1, 0.15) is 95.6 Å². The van der Waals surface area contributed by atoms with Gasteiger partial charge in [0.15, 0.2) is 17.5 Å². The van der Waals surface area contributed by atoms with Crippen molar-refractivity contribution in [1.82, 2.24) is 37.2 Å². The number of aliphatic hydroxyl groups excluding tert-OH is 6. The Balaban J connectivity index is 1.32. The number of benzene rings is 5. The second-order valence-corrected chi connectivity index (χ2v) is 23.0. The number of hydrogen-bond donors (Lipinski definition) is 18. The highest BCUT2D eigenvalue weighted by Gasteiger charge is 2.47. The Morgan fingerprint density at radius 3 is 1.84 bits per heavy atom. The van der Waals surface area contributed by atoms with Crippen LogP contribution in [0, 0.1) is 5.92 Å². The number of primary amides is 1. The average molecular weight is 1310 g/mol. The number of fused-ring (bicyclic) bond motifs is 15. The Morgan fingerprint density at radius 2 is 1.25 bits per heavy atom. The quantitative estimate of drug-likeness (QED) is 0.0819. The van der Waals surface area contributed by atoms with Gasteiger partial charge in [0.25, 0.3) is 0 Å². The number of nitrogens with one attached hydrogen (secondary N) is 7. The fourth-order valence-corrected chi connectivity index (χ4v) is 11.2. The molecule has 0 unspecified atom stereocenters. The van der Waals surface area contributed by atoms with Crippen LogP contribution in [-0.2, 0) is 43.1 Å². The number of nitrogens with two attached hydrogens (primary N) is 1. The number of phenols is 3. The number of carbonyl (C=O) groups excluding carboxylic acids is 7. The van der Waals surface area contributed by atoms with Crippen molar-refractivity contribution < 1.29 is 108 Å². The van der Waals surface area contributed by atoms with Crippen LogP contribution in [0.5, 0.6) is 46.0 Å². The maximum atomic E-state index is 15.8. The predicted molar refractivity (Wildman–Crippen MR) is 313 cm³/mol. The Morgan fingerprint density at radius 1 is 0.659 bits per heavy atom. The summed E-state index contributed by atoms with van der Waals surface area (Å²) in [4.78, 5) is 115. The number of hydrogen-bond acceptors (Lipinski definition) is 22. The zero-order valence-corrected chi connectivity index (χ0v) is 49.5. The molecule has 1 saturated heterocycles. The molecule has 5 aromatic rings. The van der Waals surface area contributed by atoms with Gasteiger partial charge in [-0.15, -0.1) is 0 Å². The van der Waals surface area contributed by atoms with Gasteiger partial charge in [-0.2, -0.15) is 0 Å². The van der Waals surface area contributed by atoms with Gasteiger partial charge in [-0.25, -0.2) is 4.79 Å². The molecule has 0 spiro atoms. The van der Waals surface area contributed by atoms with Crippen molar-refractivity contribution in [2.45, 2.75) is 112 Å². The molecule has 30 nitrogen and oxygen atoms in total. The molecule has 19 N–H and O–H groups in total. The van der Waals surface area contributed by atoms with E-state index in [9.17, 15) is 75.0 Å². The molecule has 0 aliphatic carbocycles. The van der Waals surface area contributed by atoms with Crippen molar-refractivity contribution in [3.63, 3.8) is 0 Å². The van der Waals surface area contributed by atoms with Crippen LogP contribution < -0.4 is 57.2 Å². The Bertz CT molecular complexity index is 3730. The van der Waals surface area contributed by atoms with Gasteiger partial charge in [0.2, 0.25) is 53.4 Å². The molecule has 1 fully saturated rings. The van der Waals surface area contributed by atoms with Crippen molar-refractivity contribution >= 4 is 70.5 Å². The number of phenolic OH excluding ortho intramolecular Hbond substituents is 3. The second-order valence-electron chi connectivity index (χ2n) is 22.2. The van der Waals surface area contributed by atoms with Crippen LogP contribution in [0.4, 0.5) is 0 Å². The van der Waals surface area contributed by atoms with Gasteiger partial charge < -0.3 is 113 Å². The summed E-state index contributed by atoms with van der Waals surface area (Å²) in [5.74, 6) is -15.8. The number of aromatic hydroxyl groups is 3. The highest BCUT2D eigenvalue weighted by atomic mass is 35.5. The summed E-state index contributed by atoms with van der Waals surface area (Å²) in [6.07, 6.45) is -14.9. The predicted octanol–water partition coefficient (Wildman–Crippen LogP) is -0.131. The number of halogens is 2. The minimum atomic E-state index is -2.31. The van der Waals surface area contributed by atoms with E-state index in [-0.39, 0.29) is 45.6 Å². The first-order valence-corrected chi connectivity index (χ1v) is 28.7. The lowest BCUT2D eigenvalue weighted by molar-refractivity contribution is -0.277. The summed E-state index contributed by atoms with van der Waals surface area (Å²) >= 11 is 13.8. The minimum absolute atomic E-state index is 0.0825. The molecule has 6 heterocycles. The molecular weight excluding hydrogens is 1240 g/mol. The van der Waals surface area contributed by atoms with Gasteiger partial charge in [-0.1, -0.05) is 55.2 Å². The Hall–Kier alpha value is -9.08. The maximum Gasteiger partial charge on any atom is 0.330 e. The molecule has 0 saturated carbocycles. The molecule has 7 amide bonds. The minimum Gasteiger partial charge on any atom is -0.508 e. The van der Waals surface area contributed by atoms with Crippen molar-refractivity contribution in [2.24, 2.45) is 11.7 Å². The van der Waals surface area contributed by atoms with Crippen LogP contribution in [0.15, 0.2) is 78.9 Å². The Labute approximate surface area is 525 Å². The third-order valence-electron chi connectivity index (χ3n) is 15.4. The number of likely N-dealkylation sites (N-methyl/N-ethyl adjacent to an activating group) is 1. The van der Waals surface area contributed by atoms with Crippen LogP contribution in [0.25, 0.3) is 11.1 Å². The molecule has 0 radical (unpaired) electrons. The van der Waals surface area contributed by atoms with Crippen molar-refractivity contribution in [2.75, 3.05) is 13.7 Å². The van der Waals surface area contributed by atoms with Gasteiger partial charge in [0, 0.05) is 22.8 Å². The first-order chi connectivity index (χ1) is 43.1. The van der Waals surface area contributed by atoms with Crippen LogP contribution in [0.1, 0.15) is 84.8 Å². The van der Waals surface area contributed by atoms with Gasteiger partial charge in [0.05, 0.1) is 29.1 Å². The fourth-order valence-electron chi connectivity index (χ4n) is 10.7. The lowest BCUT2D eigenvalue weighted by Crippen LogP contribution is -2.60. The first kappa shape index (κ1) is 66.3. The highest BCUT2D eigenvalue weighted by Crippen LogP contribution is 2.49. The summed E-state index contributed by atoms with van der Waals surface area (Å²) in [7, 11) is 1.47. The molecular formula is C59H62Cl2N8O22. The molecule has 5 aromatic carbocycles. The van der Waals surface area contributed by atoms with E-state index in [0.717, 1.165) is 66.7 Å². The molecule has 11 bridgehead atoms. The van der Waals surface area contributed by atoms with Crippen molar-refractivity contribution in [3.8, 4) is 57.1 Å². The van der Waals surface area contributed by atoms with E-state index in [2.05, 4.69) is 37.2 Å². The first-order valence-electron chi connectivity index (χ1n) is 27.9. The summed E-state index contributed by atoms with van der Waals surface area (Å²) in [5, 5.41) is 128. The zero-order valence-electron chi connectivity index (χ0n) is 48.0. The molecule has 32 heteroatoms. The number of aliphatic hydroxyl groups is 6. The lowest BCUT2D eigenvalue weighted by atomic mass is 9.89. The van der Waals surface area contributed by atoms with E-state index in [4.69, 9.17) is 47.9 Å². The van der Waals surface area contributed by atoms with E-state index in [1.807, 2.05) is 13.8 Å². The van der Waals surface area contributed by atoms with E-state index < -0.39 is 207 Å². The monoisotopic (exact) mass is 1300 g/mol. The number of amides is 7. The topological polar surface area (TPSA) is 486 Å². The van der Waals surface area contributed by atoms with Gasteiger partial charge in [-0.05, 0) is 96.2 Å². The number of carboxylic acid groups (broad SMARTS) is 1. The molecule has 484 valence electrons. The zero-order chi connectivity index (χ0) is 66.2. The molecule has 91 heavy (non-hydrogen) atoms. The largest absolute Gasteiger partial charge is 0.508 e. The second kappa shape index (κ2) is 27.2. The molecule has 14 atom stereocenters. The third-order valence-corrected chi connectivity index (χ3v) is 16.0. The Kier molecular flexibility index (Phi) is 19.8. The summed E-state index contributed by atoms with van der Waals surface area (Å²) in [6.45, 7) is 2.69. The van der Waals surface area contributed by atoms with E-state index >= 15 is 14.4 Å². The van der Waals surface area contributed by atoms with Crippen molar-refractivity contribution in [1.29, 1.82) is 0 Å². The van der Waals surface area contributed by atoms with Gasteiger partial charge in [-0.3, -0.25) is 33.6 Å². The highest BCUT2D eigenvalue weighted by molar-refractivity contribution is 6.32. The summed E-state index contributed by atoms with van der Waals surface area (Å²) in [6, 6.07) is -0.613. The number of carbonyl (C=O) groups is 8. The van der Waals surface area contributed by atoms with Crippen LogP contribution in [0.3, 0.4) is 0 Å². The number of aliphatic carboxylic acids is 1. The van der Waals surface area contributed by atoms with E-state index in [1.54, 1.807) is 0 Å². The fraction of sp³-hybridized carbons (Fsp3) is 0.356. The summed E-state index contributed by atoms with van der Waals surface area (Å²) < 4.78 is 24.8. The maximum absolute atomic E-state index is 15.8. The normalized spacial score (nSPS) is 26.2. The van der Waals surface area contributed by atoms with Crippen molar-refractivity contribution in [3.05, 3.63) is 117 Å². The average Bonchev–Trinajstić information content (AvgIpc) is 0.790. The molecule has 0 aromatic heterocycles. The number of ether oxygens (including phenoxy) is 4. The van der Waals surface area contributed by atoms with E-state index in [1.165, 1.54) is 19.2 Å². The third kappa shape index (κ3) is 14.0. The molecule has 11 rings (SSSR count). The number of carboxylic acids is 1. The lowest BCUT2D eigenvalue weighted by Gasteiger charge is -2.39. The molecule has 6 aliphatic rings. The van der Waals surface area contributed by atoms with Crippen LogP contribution >= 0.6 is 23.2 Å². The smallest absolute Gasteiger partial charge is 0.330 e. The van der Waals surface area contributed by atoms with Crippen LogP contribution in [-0.4, -0.2) is 167 Å².